The van der Waals surface area contributed by atoms with Crippen molar-refractivity contribution >= 4 is 5.82 Å². The highest BCUT2D eigenvalue weighted by molar-refractivity contribution is 5.35. The Bertz CT molecular complexity index is 326. The molecule has 1 aromatic rings. The lowest BCUT2D eigenvalue weighted by Crippen LogP contribution is -2.44. The second-order valence-electron chi connectivity index (χ2n) is 5.38. The van der Waals surface area contributed by atoms with Gasteiger partial charge in [-0.25, -0.2) is 4.98 Å². The number of aromatic nitrogens is 1. The Labute approximate surface area is 97.2 Å². The molecule has 2 rings (SSSR count). The van der Waals surface area contributed by atoms with Crippen LogP contribution in [0, 0.1) is 0 Å². The fourth-order valence-electron chi connectivity index (χ4n) is 1.94. The van der Waals surface area contributed by atoms with Gasteiger partial charge < -0.3 is 10.1 Å². The van der Waals surface area contributed by atoms with E-state index < -0.39 is 0 Å². The van der Waals surface area contributed by atoms with Crippen LogP contribution in [0.25, 0.3) is 0 Å². The highest BCUT2D eigenvalue weighted by atomic mass is 16.5. The van der Waals surface area contributed by atoms with E-state index in [4.69, 9.17) is 4.74 Å². The molecule has 0 atom stereocenters. The number of nitrogens with one attached hydrogen (secondary N) is 1. The van der Waals surface area contributed by atoms with Gasteiger partial charge in [-0.1, -0.05) is 6.07 Å². The SMILES string of the molecule is CC(C)(C)OC1CC(Nc2ccccn2)C1. The molecule has 1 aliphatic carbocycles. The van der Waals surface area contributed by atoms with Gasteiger partial charge in [-0.05, 0) is 45.7 Å². The fourth-order valence-corrected chi connectivity index (χ4v) is 1.94. The molecule has 0 spiro atoms. The third kappa shape index (κ3) is 3.20. The van der Waals surface area contributed by atoms with Crippen molar-refractivity contribution in [2.24, 2.45) is 0 Å². The van der Waals surface area contributed by atoms with Crippen LogP contribution in [-0.4, -0.2) is 22.7 Å². The Balaban J connectivity index is 1.73. The zero-order valence-corrected chi connectivity index (χ0v) is 10.2. The summed E-state index contributed by atoms with van der Waals surface area (Å²) in [5.74, 6) is 0.960. The highest BCUT2D eigenvalue weighted by Gasteiger charge is 2.32. The summed E-state index contributed by atoms with van der Waals surface area (Å²) >= 11 is 0. The van der Waals surface area contributed by atoms with Gasteiger partial charge in [0.15, 0.2) is 0 Å². The van der Waals surface area contributed by atoms with Crippen LogP contribution in [0.2, 0.25) is 0 Å². The van der Waals surface area contributed by atoms with E-state index in [2.05, 4.69) is 31.1 Å². The zero-order valence-electron chi connectivity index (χ0n) is 10.2. The van der Waals surface area contributed by atoms with Crippen molar-refractivity contribution in [3.8, 4) is 0 Å². The average molecular weight is 220 g/mol. The standard InChI is InChI=1S/C13H20N2O/c1-13(2,3)16-11-8-10(9-11)15-12-6-4-5-7-14-12/h4-7,10-11H,8-9H2,1-3H3,(H,14,15). The molecule has 0 amide bonds. The first kappa shape index (κ1) is 11.4. The molecule has 3 nitrogen and oxygen atoms in total. The summed E-state index contributed by atoms with van der Waals surface area (Å²) < 4.78 is 5.88. The molecule has 1 aliphatic rings. The quantitative estimate of drug-likeness (QED) is 0.850. The molecule has 1 N–H and O–H groups in total. The molecular formula is C13H20N2O. The molecule has 0 saturated heterocycles. The van der Waals surface area contributed by atoms with Crippen LogP contribution in [0.4, 0.5) is 5.82 Å². The lowest BCUT2D eigenvalue weighted by Gasteiger charge is -2.39. The number of nitrogens with zero attached hydrogens (tertiary/aromatic N) is 1. The minimum atomic E-state index is -0.0271. The van der Waals surface area contributed by atoms with Gasteiger partial charge in [0.1, 0.15) is 5.82 Å². The molecule has 3 heteroatoms. The van der Waals surface area contributed by atoms with Gasteiger partial charge in [0.05, 0.1) is 11.7 Å². The molecule has 1 aromatic heterocycles. The lowest BCUT2D eigenvalue weighted by atomic mass is 9.88. The van der Waals surface area contributed by atoms with E-state index in [0.29, 0.717) is 12.1 Å². The summed E-state index contributed by atoms with van der Waals surface area (Å²) in [6, 6.07) is 6.44. The minimum Gasteiger partial charge on any atom is -0.372 e. The Morgan fingerprint density at radius 2 is 2.06 bits per heavy atom. The zero-order chi connectivity index (χ0) is 11.6. The monoisotopic (exact) mass is 220 g/mol. The predicted octanol–water partition coefficient (Wildman–Crippen LogP) is 2.84. The Morgan fingerprint density at radius 3 is 2.62 bits per heavy atom. The predicted molar refractivity (Wildman–Crippen MR) is 65.5 cm³/mol. The van der Waals surface area contributed by atoms with Gasteiger partial charge in [-0.3, -0.25) is 0 Å². The summed E-state index contributed by atoms with van der Waals surface area (Å²) in [7, 11) is 0. The van der Waals surface area contributed by atoms with E-state index in [9.17, 15) is 0 Å². The van der Waals surface area contributed by atoms with E-state index in [1.165, 1.54) is 0 Å². The maximum Gasteiger partial charge on any atom is 0.126 e. The van der Waals surface area contributed by atoms with Gasteiger partial charge in [-0.2, -0.15) is 0 Å². The smallest absolute Gasteiger partial charge is 0.126 e. The largest absolute Gasteiger partial charge is 0.372 e. The number of hydrogen-bond donors (Lipinski definition) is 1. The number of anilines is 1. The van der Waals surface area contributed by atoms with Gasteiger partial charge in [0.2, 0.25) is 0 Å². The van der Waals surface area contributed by atoms with Crippen LogP contribution < -0.4 is 5.32 Å². The van der Waals surface area contributed by atoms with Crippen molar-refractivity contribution in [1.29, 1.82) is 0 Å². The summed E-state index contributed by atoms with van der Waals surface area (Å²) in [5, 5.41) is 3.40. The number of pyridine rings is 1. The second kappa shape index (κ2) is 4.42. The third-order valence-corrected chi connectivity index (χ3v) is 2.63. The molecule has 0 bridgehead atoms. The van der Waals surface area contributed by atoms with E-state index in [1.807, 2.05) is 24.4 Å². The highest BCUT2D eigenvalue weighted by Crippen LogP contribution is 2.29. The molecule has 16 heavy (non-hydrogen) atoms. The third-order valence-electron chi connectivity index (χ3n) is 2.63. The normalized spacial score (nSPS) is 24.9. The molecular weight excluding hydrogens is 200 g/mol. The van der Waals surface area contributed by atoms with Crippen LogP contribution >= 0.6 is 0 Å². The second-order valence-corrected chi connectivity index (χ2v) is 5.38. The molecule has 0 radical (unpaired) electrons. The van der Waals surface area contributed by atoms with Gasteiger partial charge in [0.25, 0.3) is 0 Å². The Hall–Kier alpha value is -1.09. The van der Waals surface area contributed by atoms with Crippen molar-refractivity contribution in [2.45, 2.75) is 51.4 Å². The van der Waals surface area contributed by atoms with Crippen molar-refractivity contribution in [3.05, 3.63) is 24.4 Å². The van der Waals surface area contributed by atoms with Gasteiger partial charge in [-0.15, -0.1) is 0 Å². The maximum atomic E-state index is 5.88. The molecule has 88 valence electrons. The number of ether oxygens (including phenoxy) is 1. The van der Waals surface area contributed by atoms with Crippen LogP contribution in [0.3, 0.4) is 0 Å². The van der Waals surface area contributed by atoms with Crippen molar-refractivity contribution in [3.63, 3.8) is 0 Å². The van der Waals surface area contributed by atoms with E-state index in [-0.39, 0.29) is 5.60 Å². The minimum absolute atomic E-state index is 0.0271. The topological polar surface area (TPSA) is 34.1 Å². The van der Waals surface area contributed by atoms with E-state index in [0.717, 1.165) is 18.7 Å². The first-order valence-corrected chi connectivity index (χ1v) is 5.88. The summed E-state index contributed by atoms with van der Waals surface area (Å²) in [6.45, 7) is 6.31. The molecule has 0 aromatic carbocycles. The molecule has 1 fully saturated rings. The van der Waals surface area contributed by atoms with Crippen molar-refractivity contribution < 1.29 is 4.74 Å². The molecule has 0 aliphatic heterocycles. The van der Waals surface area contributed by atoms with Crippen LogP contribution in [0.1, 0.15) is 33.6 Å². The first-order valence-electron chi connectivity index (χ1n) is 5.88. The van der Waals surface area contributed by atoms with Gasteiger partial charge >= 0.3 is 0 Å². The van der Waals surface area contributed by atoms with E-state index in [1.54, 1.807) is 0 Å². The van der Waals surface area contributed by atoms with Crippen molar-refractivity contribution in [2.75, 3.05) is 5.32 Å². The summed E-state index contributed by atoms with van der Waals surface area (Å²) in [5.41, 5.74) is -0.0271. The van der Waals surface area contributed by atoms with Gasteiger partial charge in [0, 0.05) is 12.2 Å². The summed E-state index contributed by atoms with van der Waals surface area (Å²) in [4.78, 5) is 4.25. The van der Waals surface area contributed by atoms with Crippen LogP contribution in [-0.2, 0) is 4.74 Å². The number of hydrogen-bond acceptors (Lipinski definition) is 3. The molecule has 1 heterocycles. The fraction of sp³-hybridized carbons (Fsp3) is 0.615. The molecule has 0 unspecified atom stereocenters. The van der Waals surface area contributed by atoms with Crippen LogP contribution in [0.5, 0.6) is 0 Å². The molecule has 1 saturated carbocycles. The first-order chi connectivity index (χ1) is 7.53. The van der Waals surface area contributed by atoms with E-state index >= 15 is 0 Å². The number of rotatable bonds is 3. The Kier molecular flexibility index (Phi) is 3.15. The van der Waals surface area contributed by atoms with Crippen LogP contribution in [0.15, 0.2) is 24.4 Å². The van der Waals surface area contributed by atoms with Crippen molar-refractivity contribution in [1.82, 2.24) is 4.98 Å². The lowest BCUT2D eigenvalue weighted by molar-refractivity contribution is -0.0953. The maximum absolute atomic E-state index is 5.88. The average Bonchev–Trinajstić information content (AvgIpc) is 2.14. The summed E-state index contributed by atoms with van der Waals surface area (Å²) in [6.07, 6.45) is 4.37. The Morgan fingerprint density at radius 1 is 1.31 bits per heavy atom.